The molecule has 0 aliphatic heterocycles. The van der Waals surface area contributed by atoms with Gasteiger partial charge in [-0.3, -0.25) is 4.79 Å². The lowest BCUT2D eigenvalue weighted by atomic mass is 9.98. The summed E-state index contributed by atoms with van der Waals surface area (Å²) in [6, 6.07) is 7.82. The molecule has 0 N–H and O–H groups in total. The van der Waals surface area contributed by atoms with Crippen molar-refractivity contribution in [2.24, 2.45) is 0 Å². The van der Waals surface area contributed by atoms with Gasteiger partial charge in [0.25, 0.3) is 0 Å². The Labute approximate surface area is 82.7 Å². The predicted molar refractivity (Wildman–Crippen MR) is 53.1 cm³/mol. The van der Waals surface area contributed by atoms with Crippen LogP contribution < -0.4 is 0 Å². The molecule has 1 aliphatic rings. The summed E-state index contributed by atoms with van der Waals surface area (Å²) in [4.78, 5) is 11.1. The van der Waals surface area contributed by atoms with E-state index in [0.717, 1.165) is 17.9 Å². The zero-order valence-electron chi connectivity index (χ0n) is 7.29. The molecule has 1 nitrogen and oxygen atoms in total. The van der Waals surface area contributed by atoms with Gasteiger partial charge in [-0.15, -0.1) is 0 Å². The number of hydrogen-bond donors (Lipinski definition) is 0. The largest absolute Gasteiger partial charge is 0.300 e. The van der Waals surface area contributed by atoms with Gasteiger partial charge in [0.15, 0.2) is 0 Å². The van der Waals surface area contributed by atoms with Crippen molar-refractivity contribution in [1.29, 1.82) is 0 Å². The smallest absolute Gasteiger partial charge is 0.133 e. The van der Waals surface area contributed by atoms with Crippen LogP contribution in [0.1, 0.15) is 30.7 Å². The Morgan fingerprint density at radius 3 is 2.85 bits per heavy atom. The van der Waals surface area contributed by atoms with Gasteiger partial charge in [-0.05, 0) is 30.0 Å². The minimum absolute atomic E-state index is 0.380. The van der Waals surface area contributed by atoms with E-state index in [-0.39, 0.29) is 0 Å². The van der Waals surface area contributed by atoms with E-state index in [0.29, 0.717) is 18.1 Å². The van der Waals surface area contributed by atoms with Crippen LogP contribution in [-0.4, -0.2) is 5.78 Å². The van der Waals surface area contributed by atoms with Crippen molar-refractivity contribution in [3.63, 3.8) is 0 Å². The fraction of sp³-hybridized carbons (Fsp3) is 0.364. The number of rotatable bonds is 1. The van der Waals surface area contributed by atoms with Crippen molar-refractivity contribution in [3.05, 3.63) is 34.9 Å². The molecule has 0 bridgehead atoms. The number of benzene rings is 1. The molecule has 0 unspecified atom stereocenters. The SMILES string of the molecule is O=C1CC[C@@H](c2cccc(Cl)c2)C1. The van der Waals surface area contributed by atoms with Gasteiger partial charge in [0.05, 0.1) is 0 Å². The molecule has 0 heterocycles. The maximum atomic E-state index is 11.1. The molecule has 0 spiro atoms. The van der Waals surface area contributed by atoms with E-state index >= 15 is 0 Å². The van der Waals surface area contributed by atoms with Crippen LogP contribution in [0.5, 0.6) is 0 Å². The van der Waals surface area contributed by atoms with E-state index in [1.54, 1.807) is 0 Å². The maximum Gasteiger partial charge on any atom is 0.133 e. The zero-order chi connectivity index (χ0) is 9.26. The van der Waals surface area contributed by atoms with Crippen LogP contribution in [0.3, 0.4) is 0 Å². The van der Waals surface area contributed by atoms with E-state index < -0.39 is 0 Å². The molecule has 1 aromatic carbocycles. The molecule has 68 valence electrons. The Hall–Kier alpha value is -0.820. The summed E-state index contributed by atoms with van der Waals surface area (Å²) < 4.78 is 0. The summed E-state index contributed by atoms with van der Waals surface area (Å²) >= 11 is 5.87. The molecule has 1 aliphatic carbocycles. The van der Waals surface area contributed by atoms with E-state index in [1.807, 2.05) is 18.2 Å². The monoisotopic (exact) mass is 194 g/mol. The van der Waals surface area contributed by atoms with Crippen molar-refractivity contribution < 1.29 is 4.79 Å². The molecule has 0 saturated heterocycles. The average Bonchev–Trinajstić information content (AvgIpc) is 2.52. The topological polar surface area (TPSA) is 17.1 Å². The molecule has 2 rings (SSSR count). The second kappa shape index (κ2) is 3.51. The van der Waals surface area contributed by atoms with Crippen LogP contribution in [0.4, 0.5) is 0 Å². The molecule has 1 atom stereocenters. The number of carbonyl (C=O) groups excluding carboxylic acids is 1. The minimum Gasteiger partial charge on any atom is -0.300 e. The molecule has 1 aromatic rings. The molecule has 0 aromatic heterocycles. The maximum absolute atomic E-state index is 11.1. The minimum atomic E-state index is 0.380. The van der Waals surface area contributed by atoms with Crippen LogP contribution in [0, 0.1) is 0 Å². The van der Waals surface area contributed by atoms with Crippen molar-refractivity contribution in [1.82, 2.24) is 0 Å². The van der Waals surface area contributed by atoms with E-state index in [9.17, 15) is 4.79 Å². The summed E-state index contributed by atoms with van der Waals surface area (Å²) in [6.45, 7) is 0. The molecule has 0 amide bonds. The van der Waals surface area contributed by atoms with E-state index in [4.69, 9.17) is 11.6 Å². The second-order valence-electron chi connectivity index (χ2n) is 3.53. The highest BCUT2D eigenvalue weighted by atomic mass is 35.5. The summed E-state index contributed by atoms with van der Waals surface area (Å²) in [5, 5.41) is 0.761. The van der Waals surface area contributed by atoms with Crippen molar-refractivity contribution in [2.45, 2.75) is 25.2 Å². The summed E-state index contributed by atoms with van der Waals surface area (Å²) in [7, 11) is 0. The summed E-state index contributed by atoms with van der Waals surface area (Å²) in [5.41, 5.74) is 1.21. The van der Waals surface area contributed by atoms with Crippen LogP contribution in [-0.2, 0) is 4.79 Å². The van der Waals surface area contributed by atoms with Crippen LogP contribution in [0.15, 0.2) is 24.3 Å². The number of ketones is 1. The lowest BCUT2D eigenvalue weighted by molar-refractivity contribution is -0.117. The Bertz CT molecular complexity index is 333. The van der Waals surface area contributed by atoms with Crippen LogP contribution >= 0.6 is 11.6 Å². The Morgan fingerprint density at radius 2 is 2.23 bits per heavy atom. The first-order chi connectivity index (χ1) is 6.25. The average molecular weight is 195 g/mol. The number of carbonyl (C=O) groups is 1. The lowest BCUT2D eigenvalue weighted by Gasteiger charge is -2.07. The number of hydrogen-bond acceptors (Lipinski definition) is 1. The van der Waals surface area contributed by atoms with Gasteiger partial charge in [0.2, 0.25) is 0 Å². The zero-order valence-corrected chi connectivity index (χ0v) is 8.05. The molecule has 1 fully saturated rings. The molecule has 13 heavy (non-hydrogen) atoms. The first-order valence-electron chi connectivity index (χ1n) is 4.53. The van der Waals surface area contributed by atoms with Gasteiger partial charge in [0, 0.05) is 17.9 Å². The Balaban J connectivity index is 2.21. The molecule has 0 radical (unpaired) electrons. The van der Waals surface area contributed by atoms with Gasteiger partial charge in [-0.1, -0.05) is 23.7 Å². The summed E-state index contributed by atoms with van der Waals surface area (Å²) in [6.07, 6.45) is 2.41. The third kappa shape index (κ3) is 1.92. The van der Waals surface area contributed by atoms with Gasteiger partial charge in [-0.25, -0.2) is 0 Å². The first kappa shape index (κ1) is 8.76. The molecule has 2 heteroatoms. The van der Waals surface area contributed by atoms with Gasteiger partial charge < -0.3 is 0 Å². The van der Waals surface area contributed by atoms with E-state index in [1.165, 1.54) is 5.56 Å². The Morgan fingerprint density at radius 1 is 1.38 bits per heavy atom. The van der Waals surface area contributed by atoms with Crippen LogP contribution in [0.25, 0.3) is 0 Å². The highest BCUT2D eigenvalue weighted by Crippen LogP contribution is 2.32. The molecule has 1 saturated carbocycles. The Kier molecular flexibility index (Phi) is 2.36. The third-order valence-corrected chi connectivity index (χ3v) is 2.80. The van der Waals surface area contributed by atoms with E-state index in [2.05, 4.69) is 6.07 Å². The lowest BCUT2D eigenvalue weighted by Crippen LogP contribution is -1.93. The third-order valence-electron chi connectivity index (χ3n) is 2.57. The van der Waals surface area contributed by atoms with Crippen molar-refractivity contribution in [2.75, 3.05) is 0 Å². The second-order valence-corrected chi connectivity index (χ2v) is 3.97. The molecular formula is C11H11ClO. The fourth-order valence-corrected chi connectivity index (χ4v) is 2.06. The van der Waals surface area contributed by atoms with Crippen molar-refractivity contribution in [3.8, 4) is 0 Å². The number of halogens is 1. The quantitative estimate of drug-likeness (QED) is 0.671. The van der Waals surface area contributed by atoms with Gasteiger partial charge >= 0.3 is 0 Å². The highest BCUT2D eigenvalue weighted by molar-refractivity contribution is 6.30. The summed E-state index contributed by atoms with van der Waals surface area (Å²) in [5.74, 6) is 0.788. The first-order valence-corrected chi connectivity index (χ1v) is 4.90. The highest BCUT2D eigenvalue weighted by Gasteiger charge is 2.23. The van der Waals surface area contributed by atoms with Gasteiger partial charge in [0.1, 0.15) is 5.78 Å². The number of Topliss-reactive ketones (excluding diaryl/α,β-unsaturated/α-hetero) is 1. The normalized spacial score (nSPS) is 22.2. The van der Waals surface area contributed by atoms with Crippen LogP contribution in [0.2, 0.25) is 5.02 Å². The van der Waals surface area contributed by atoms with Crippen molar-refractivity contribution >= 4 is 17.4 Å². The fourth-order valence-electron chi connectivity index (χ4n) is 1.86. The predicted octanol–water partition coefficient (Wildman–Crippen LogP) is 3.18. The molecular weight excluding hydrogens is 184 g/mol. The standard InChI is InChI=1S/C11H11ClO/c12-10-3-1-2-8(6-10)9-4-5-11(13)7-9/h1-3,6,9H,4-5,7H2/t9-/m1/s1. The van der Waals surface area contributed by atoms with Gasteiger partial charge in [-0.2, -0.15) is 0 Å².